The van der Waals surface area contributed by atoms with E-state index in [0.29, 0.717) is 22.8 Å². The zero-order chi connectivity index (χ0) is 20.1. The predicted molar refractivity (Wildman–Crippen MR) is 112 cm³/mol. The van der Waals surface area contributed by atoms with Crippen LogP contribution in [0, 0.1) is 13.8 Å². The molecule has 0 atom stereocenters. The fraction of sp³-hybridized carbons (Fsp3) is 0.136. The number of nitrogens with one attached hydrogen (secondary N) is 3. The molecule has 6 heteroatoms. The molecule has 0 fully saturated rings. The Kier molecular flexibility index (Phi) is 5.69. The van der Waals surface area contributed by atoms with Gasteiger partial charge in [-0.3, -0.25) is 9.59 Å². The number of hydrogen-bond donors (Lipinski definition) is 3. The largest absolute Gasteiger partial charge is 0.340 e. The van der Waals surface area contributed by atoms with Gasteiger partial charge in [0.2, 0.25) is 5.91 Å². The molecule has 2 aromatic carbocycles. The summed E-state index contributed by atoms with van der Waals surface area (Å²) in [6, 6.07) is 16.4. The Morgan fingerprint density at radius 2 is 1.54 bits per heavy atom. The molecule has 1 heterocycles. The van der Waals surface area contributed by atoms with Crippen molar-refractivity contribution in [3.8, 4) is 0 Å². The fourth-order valence-corrected chi connectivity index (χ4v) is 2.78. The second-order valence-corrected chi connectivity index (χ2v) is 6.59. The summed E-state index contributed by atoms with van der Waals surface area (Å²) in [5, 5.41) is 8.78. The Labute approximate surface area is 164 Å². The van der Waals surface area contributed by atoms with Gasteiger partial charge in [-0.15, -0.1) is 0 Å². The molecule has 3 N–H and O–H groups in total. The molecule has 0 bridgehead atoms. The Morgan fingerprint density at radius 3 is 2.18 bits per heavy atom. The molecule has 6 nitrogen and oxygen atoms in total. The molecule has 0 aliphatic heterocycles. The molecule has 1 aromatic heterocycles. The van der Waals surface area contributed by atoms with Crippen LogP contribution >= 0.6 is 0 Å². The van der Waals surface area contributed by atoms with Gasteiger partial charge >= 0.3 is 0 Å². The Balaban J connectivity index is 1.70. The minimum atomic E-state index is -0.238. The summed E-state index contributed by atoms with van der Waals surface area (Å²) in [4.78, 5) is 27.9. The zero-order valence-electron chi connectivity index (χ0n) is 16.0. The van der Waals surface area contributed by atoms with Gasteiger partial charge in [0.15, 0.2) is 0 Å². The summed E-state index contributed by atoms with van der Waals surface area (Å²) in [5.74, 6) is 0.219. The van der Waals surface area contributed by atoms with Crippen LogP contribution in [0.3, 0.4) is 0 Å². The van der Waals surface area contributed by atoms with E-state index in [1.54, 1.807) is 42.6 Å². The molecule has 142 valence electrons. The lowest BCUT2D eigenvalue weighted by Crippen LogP contribution is -2.12. The van der Waals surface area contributed by atoms with Gasteiger partial charge in [0.25, 0.3) is 5.91 Å². The van der Waals surface area contributed by atoms with Gasteiger partial charge in [-0.2, -0.15) is 0 Å². The van der Waals surface area contributed by atoms with Gasteiger partial charge < -0.3 is 16.0 Å². The van der Waals surface area contributed by atoms with E-state index in [9.17, 15) is 9.59 Å². The lowest BCUT2D eigenvalue weighted by molar-refractivity contribution is -0.114. The number of amides is 2. The first-order valence-corrected chi connectivity index (χ1v) is 8.90. The number of anilines is 4. The van der Waals surface area contributed by atoms with E-state index >= 15 is 0 Å². The summed E-state index contributed by atoms with van der Waals surface area (Å²) in [5.41, 5.74) is 5.05. The van der Waals surface area contributed by atoms with E-state index in [0.717, 1.165) is 11.3 Å². The molecule has 0 saturated carbocycles. The van der Waals surface area contributed by atoms with Crippen molar-refractivity contribution in [2.24, 2.45) is 0 Å². The van der Waals surface area contributed by atoms with E-state index in [2.05, 4.69) is 27.0 Å². The highest BCUT2D eigenvalue weighted by Gasteiger charge is 2.09. The lowest BCUT2D eigenvalue weighted by atomic mass is 10.1. The zero-order valence-corrected chi connectivity index (χ0v) is 16.0. The van der Waals surface area contributed by atoms with Crippen LogP contribution in [0.4, 0.5) is 22.9 Å². The number of pyridine rings is 1. The Morgan fingerprint density at radius 1 is 0.857 bits per heavy atom. The molecular formula is C22H22N4O2. The van der Waals surface area contributed by atoms with E-state index in [4.69, 9.17) is 0 Å². The van der Waals surface area contributed by atoms with Crippen LogP contribution in [0.2, 0.25) is 0 Å². The van der Waals surface area contributed by atoms with E-state index in [-0.39, 0.29) is 11.8 Å². The van der Waals surface area contributed by atoms with Crippen molar-refractivity contribution in [1.82, 2.24) is 4.98 Å². The first-order valence-electron chi connectivity index (χ1n) is 8.90. The first-order chi connectivity index (χ1) is 13.4. The van der Waals surface area contributed by atoms with Gasteiger partial charge in [0, 0.05) is 35.7 Å². The molecule has 2 amide bonds. The SMILES string of the molecule is CC(=O)Nc1ccc(NC(=O)c2ccnc(Nc3ccc(C)cc3C)c2)cc1. The van der Waals surface area contributed by atoms with Gasteiger partial charge in [-0.25, -0.2) is 4.98 Å². The topological polar surface area (TPSA) is 83.1 Å². The third kappa shape index (κ3) is 4.94. The fourth-order valence-electron chi connectivity index (χ4n) is 2.78. The number of aromatic nitrogens is 1. The maximum Gasteiger partial charge on any atom is 0.255 e. The first kappa shape index (κ1) is 19.1. The maximum absolute atomic E-state index is 12.6. The van der Waals surface area contributed by atoms with Gasteiger partial charge in [0.05, 0.1) is 0 Å². The van der Waals surface area contributed by atoms with E-state index in [1.165, 1.54) is 12.5 Å². The van der Waals surface area contributed by atoms with Crippen molar-refractivity contribution < 1.29 is 9.59 Å². The van der Waals surface area contributed by atoms with Crippen LogP contribution in [0.1, 0.15) is 28.4 Å². The number of benzene rings is 2. The Bertz CT molecular complexity index is 1010. The van der Waals surface area contributed by atoms with Crippen LogP contribution in [0.5, 0.6) is 0 Å². The van der Waals surface area contributed by atoms with Crippen LogP contribution in [0.15, 0.2) is 60.8 Å². The third-order valence-corrected chi connectivity index (χ3v) is 4.13. The normalized spacial score (nSPS) is 10.2. The summed E-state index contributed by atoms with van der Waals surface area (Å²) >= 11 is 0. The van der Waals surface area contributed by atoms with E-state index in [1.807, 2.05) is 26.0 Å². The molecule has 0 aliphatic rings. The number of aryl methyl sites for hydroxylation is 2. The average Bonchev–Trinajstić information content (AvgIpc) is 2.65. The number of nitrogens with zero attached hydrogens (tertiary/aromatic N) is 1. The monoisotopic (exact) mass is 374 g/mol. The summed E-state index contributed by atoms with van der Waals surface area (Å²) in [6.45, 7) is 5.52. The molecule has 3 rings (SSSR count). The molecule has 3 aromatic rings. The van der Waals surface area contributed by atoms with Crippen molar-refractivity contribution in [1.29, 1.82) is 0 Å². The summed E-state index contributed by atoms with van der Waals surface area (Å²) < 4.78 is 0. The Hall–Kier alpha value is -3.67. The van der Waals surface area contributed by atoms with Crippen LogP contribution in [-0.4, -0.2) is 16.8 Å². The highest BCUT2D eigenvalue weighted by Crippen LogP contribution is 2.21. The summed E-state index contributed by atoms with van der Waals surface area (Å²) in [6.07, 6.45) is 1.60. The maximum atomic E-state index is 12.6. The van der Waals surface area contributed by atoms with Crippen molar-refractivity contribution >= 4 is 34.7 Å². The molecule has 28 heavy (non-hydrogen) atoms. The minimum Gasteiger partial charge on any atom is -0.340 e. The molecule has 0 saturated heterocycles. The second-order valence-electron chi connectivity index (χ2n) is 6.59. The molecule has 0 spiro atoms. The third-order valence-electron chi connectivity index (χ3n) is 4.13. The number of hydrogen-bond acceptors (Lipinski definition) is 4. The molecule has 0 radical (unpaired) electrons. The standard InChI is InChI=1S/C22H22N4O2/c1-14-4-9-20(15(2)12-14)26-21-13-17(10-11-23-21)22(28)25-19-7-5-18(6-8-19)24-16(3)27/h4-13H,1-3H3,(H,23,26)(H,24,27)(H,25,28). The molecular weight excluding hydrogens is 352 g/mol. The predicted octanol–water partition coefficient (Wildman–Crippen LogP) is 4.65. The van der Waals surface area contributed by atoms with E-state index < -0.39 is 0 Å². The van der Waals surface area contributed by atoms with Crippen molar-refractivity contribution in [2.45, 2.75) is 20.8 Å². The molecule has 0 aliphatic carbocycles. The van der Waals surface area contributed by atoms with Crippen molar-refractivity contribution in [3.63, 3.8) is 0 Å². The van der Waals surface area contributed by atoms with Gasteiger partial charge in [-0.05, 0) is 61.9 Å². The number of carbonyl (C=O) groups is 2. The van der Waals surface area contributed by atoms with Crippen LogP contribution in [0.25, 0.3) is 0 Å². The van der Waals surface area contributed by atoms with Crippen LogP contribution < -0.4 is 16.0 Å². The number of carbonyl (C=O) groups excluding carboxylic acids is 2. The van der Waals surface area contributed by atoms with Crippen molar-refractivity contribution in [3.05, 3.63) is 77.5 Å². The average molecular weight is 374 g/mol. The highest BCUT2D eigenvalue weighted by molar-refractivity contribution is 6.04. The van der Waals surface area contributed by atoms with Crippen LogP contribution in [-0.2, 0) is 4.79 Å². The quantitative estimate of drug-likeness (QED) is 0.607. The smallest absolute Gasteiger partial charge is 0.255 e. The minimum absolute atomic E-state index is 0.141. The lowest BCUT2D eigenvalue weighted by Gasteiger charge is -2.11. The number of rotatable bonds is 5. The summed E-state index contributed by atoms with van der Waals surface area (Å²) in [7, 11) is 0. The highest BCUT2D eigenvalue weighted by atomic mass is 16.2. The second kappa shape index (κ2) is 8.35. The van der Waals surface area contributed by atoms with Crippen molar-refractivity contribution in [2.75, 3.05) is 16.0 Å². The molecule has 0 unspecified atom stereocenters. The van der Waals surface area contributed by atoms with Gasteiger partial charge in [-0.1, -0.05) is 17.7 Å². The van der Waals surface area contributed by atoms with Gasteiger partial charge in [0.1, 0.15) is 5.82 Å².